The molecule has 0 saturated heterocycles. The summed E-state index contributed by atoms with van der Waals surface area (Å²) in [5, 5.41) is 6.16. The lowest BCUT2D eigenvalue weighted by atomic mass is 10.1. The Hall–Kier alpha value is -1.42. The van der Waals surface area contributed by atoms with Crippen LogP contribution in [0.2, 0.25) is 0 Å². The molecule has 0 aliphatic heterocycles. The van der Waals surface area contributed by atoms with Crippen molar-refractivity contribution < 1.29 is 4.79 Å². The third kappa shape index (κ3) is 4.84. The molecule has 0 aliphatic carbocycles. The molecule has 0 radical (unpaired) electrons. The van der Waals surface area contributed by atoms with Gasteiger partial charge in [-0.15, -0.1) is 0 Å². The van der Waals surface area contributed by atoms with Crippen molar-refractivity contribution in [2.45, 2.75) is 39.8 Å². The lowest BCUT2D eigenvalue weighted by Gasteiger charge is -2.19. The highest BCUT2D eigenvalue weighted by Gasteiger charge is 2.12. The van der Waals surface area contributed by atoms with Crippen LogP contribution in [0.15, 0.2) is 24.5 Å². The minimum atomic E-state index is 0.0342. The Kier molecular flexibility index (Phi) is 5.78. The van der Waals surface area contributed by atoms with Gasteiger partial charge in [0, 0.05) is 24.5 Å². The molecule has 1 heterocycles. The molecule has 1 rings (SSSR count). The number of rotatable bonds is 6. The van der Waals surface area contributed by atoms with Crippen molar-refractivity contribution in [1.82, 2.24) is 15.6 Å². The van der Waals surface area contributed by atoms with E-state index < -0.39 is 0 Å². The van der Waals surface area contributed by atoms with Gasteiger partial charge in [-0.05, 0) is 31.4 Å². The SMILES string of the molecule is CC(C)C(C)NC(=O)CN[C@@H](C)c1cccnc1. The molecule has 1 unspecified atom stereocenters. The van der Waals surface area contributed by atoms with Crippen LogP contribution in [0.25, 0.3) is 0 Å². The van der Waals surface area contributed by atoms with Crippen molar-refractivity contribution in [3.8, 4) is 0 Å². The second-order valence-electron chi connectivity index (χ2n) is 4.99. The molecule has 0 aliphatic rings. The van der Waals surface area contributed by atoms with Crippen molar-refractivity contribution in [3.05, 3.63) is 30.1 Å². The van der Waals surface area contributed by atoms with Crippen LogP contribution >= 0.6 is 0 Å². The zero-order valence-corrected chi connectivity index (χ0v) is 11.6. The number of pyridine rings is 1. The maximum atomic E-state index is 11.7. The summed E-state index contributed by atoms with van der Waals surface area (Å²) in [6.45, 7) is 8.56. The minimum Gasteiger partial charge on any atom is -0.352 e. The number of carbonyl (C=O) groups is 1. The predicted molar refractivity (Wildman–Crippen MR) is 73.1 cm³/mol. The van der Waals surface area contributed by atoms with E-state index in [-0.39, 0.29) is 18.0 Å². The summed E-state index contributed by atoms with van der Waals surface area (Å²) in [5.74, 6) is 0.483. The number of hydrogen-bond acceptors (Lipinski definition) is 3. The number of carbonyl (C=O) groups excluding carboxylic acids is 1. The summed E-state index contributed by atoms with van der Waals surface area (Å²) in [7, 11) is 0. The van der Waals surface area contributed by atoms with Crippen LogP contribution in [0, 0.1) is 5.92 Å². The van der Waals surface area contributed by atoms with Gasteiger partial charge in [0.15, 0.2) is 0 Å². The molecular formula is C14H23N3O. The van der Waals surface area contributed by atoms with Crippen LogP contribution in [-0.2, 0) is 4.79 Å². The summed E-state index contributed by atoms with van der Waals surface area (Å²) < 4.78 is 0. The topological polar surface area (TPSA) is 54.0 Å². The molecule has 1 amide bonds. The summed E-state index contributed by atoms with van der Waals surface area (Å²) in [6, 6.07) is 4.22. The summed E-state index contributed by atoms with van der Waals surface area (Å²) in [4.78, 5) is 15.8. The Labute approximate surface area is 109 Å². The van der Waals surface area contributed by atoms with E-state index in [9.17, 15) is 4.79 Å². The van der Waals surface area contributed by atoms with E-state index in [0.717, 1.165) is 5.56 Å². The molecule has 18 heavy (non-hydrogen) atoms. The van der Waals surface area contributed by atoms with E-state index in [4.69, 9.17) is 0 Å². The monoisotopic (exact) mass is 249 g/mol. The molecule has 0 bridgehead atoms. The third-order valence-corrected chi connectivity index (χ3v) is 3.14. The van der Waals surface area contributed by atoms with Crippen LogP contribution in [0.3, 0.4) is 0 Å². The zero-order valence-electron chi connectivity index (χ0n) is 11.6. The van der Waals surface area contributed by atoms with Crippen molar-refractivity contribution >= 4 is 5.91 Å². The first-order valence-electron chi connectivity index (χ1n) is 6.43. The molecule has 0 aromatic carbocycles. The van der Waals surface area contributed by atoms with E-state index in [2.05, 4.69) is 29.5 Å². The van der Waals surface area contributed by atoms with Crippen molar-refractivity contribution in [2.24, 2.45) is 5.92 Å². The van der Waals surface area contributed by atoms with Crippen LogP contribution < -0.4 is 10.6 Å². The fraction of sp³-hybridized carbons (Fsp3) is 0.571. The maximum absolute atomic E-state index is 11.7. The third-order valence-electron chi connectivity index (χ3n) is 3.14. The average Bonchev–Trinajstić information content (AvgIpc) is 2.36. The van der Waals surface area contributed by atoms with Gasteiger partial charge in [0.05, 0.1) is 6.54 Å². The second-order valence-corrected chi connectivity index (χ2v) is 4.99. The Balaban J connectivity index is 2.35. The first-order chi connectivity index (χ1) is 8.50. The van der Waals surface area contributed by atoms with E-state index in [1.807, 2.05) is 32.2 Å². The lowest BCUT2D eigenvalue weighted by molar-refractivity contribution is -0.121. The van der Waals surface area contributed by atoms with Gasteiger partial charge in [-0.2, -0.15) is 0 Å². The predicted octanol–water partition coefficient (Wildman–Crippen LogP) is 1.89. The van der Waals surface area contributed by atoms with Crippen LogP contribution in [0.1, 0.15) is 39.3 Å². The largest absolute Gasteiger partial charge is 0.352 e. The van der Waals surface area contributed by atoms with Crippen LogP contribution in [0.5, 0.6) is 0 Å². The molecule has 2 atom stereocenters. The molecule has 0 fully saturated rings. The molecule has 1 aromatic rings. The molecule has 2 N–H and O–H groups in total. The molecule has 4 nitrogen and oxygen atoms in total. The molecule has 100 valence electrons. The summed E-state index contributed by atoms with van der Waals surface area (Å²) >= 11 is 0. The average molecular weight is 249 g/mol. The summed E-state index contributed by atoms with van der Waals surface area (Å²) in [6.07, 6.45) is 3.56. The van der Waals surface area contributed by atoms with Gasteiger partial charge in [0.1, 0.15) is 0 Å². The van der Waals surface area contributed by atoms with E-state index in [0.29, 0.717) is 12.5 Å². The quantitative estimate of drug-likeness (QED) is 0.809. The first kappa shape index (κ1) is 14.6. The van der Waals surface area contributed by atoms with Gasteiger partial charge in [-0.1, -0.05) is 19.9 Å². The highest BCUT2D eigenvalue weighted by atomic mass is 16.1. The van der Waals surface area contributed by atoms with E-state index in [1.165, 1.54) is 0 Å². The molecule has 4 heteroatoms. The lowest BCUT2D eigenvalue weighted by Crippen LogP contribution is -2.41. The Morgan fingerprint density at radius 1 is 1.33 bits per heavy atom. The van der Waals surface area contributed by atoms with Gasteiger partial charge >= 0.3 is 0 Å². The normalized spacial score (nSPS) is 14.3. The smallest absolute Gasteiger partial charge is 0.234 e. The van der Waals surface area contributed by atoms with Gasteiger partial charge in [-0.3, -0.25) is 9.78 Å². The van der Waals surface area contributed by atoms with Crippen molar-refractivity contribution in [3.63, 3.8) is 0 Å². The summed E-state index contributed by atoms with van der Waals surface area (Å²) in [5.41, 5.74) is 1.09. The van der Waals surface area contributed by atoms with E-state index in [1.54, 1.807) is 6.20 Å². The number of hydrogen-bond donors (Lipinski definition) is 2. The molecule has 1 aromatic heterocycles. The number of nitrogens with zero attached hydrogens (tertiary/aromatic N) is 1. The molecule has 0 spiro atoms. The zero-order chi connectivity index (χ0) is 13.5. The fourth-order valence-electron chi connectivity index (χ4n) is 1.47. The number of amides is 1. The van der Waals surface area contributed by atoms with Crippen LogP contribution in [0.4, 0.5) is 0 Å². The van der Waals surface area contributed by atoms with E-state index >= 15 is 0 Å². The fourth-order valence-corrected chi connectivity index (χ4v) is 1.47. The minimum absolute atomic E-state index is 0.0342. The Morgan fingerprint density at radius 2 is 2.06 bits per heavy atom. The number of nitrogens with one attached hydrogen (secondary N) is 2. The maximum Gasteiger partial charge on any atom is 0.234 e. The highest BCUT2D eigenvalue weighted by Crippen LogP contribution is 2.08. The Morgan fingerprint density at radius 3 is 2.61 bits per heavy atom. The van der Waals surface area contributed by atoms with Crippen molar-refractivity contribution in [1.29, 1.82) is 0 Å². The first-order valence-corrected chi connectivity index (χ1v) is 6.43. The highest BCUT2D eigenvalue weighted by molar-refractivity contribution is 5.78. The van der Waals surface area contributed by atoms with Gasteiger partial charge in [-0.25, -0.2) is 0 Å². The number of aromatic nitrogens is 1. The second kappa shape index (κ2) is 7.11. The van der Waals surface area contributed by atoms with Gasteiger partial charge in [0.2, 0.25) is 5.91 Å². The van der Waals surface area contributed by atoms with Gasteiger partial charge < -0.3 is 10.6 Å². The Bertz CT molecular complexity index is 365. The van der Waals surface area contributed by atoms with Gasteiger partial charge in [0.25, 0.3) is 0 Å². The van der Waals surface area contributed by atoms with Crippen LogP contribution in [-0.4, -0.2) is 23.5 Å². The van der Waals surface area contributed by atoms with Crippen molar-refractivity contribution in [2.75, 3.05) is 6.54 Å². The molecule has 0 saturated carbocycles. The molecular weight excluding hydrogens is 226 g/mol. The standard InChI is InChI=1S/C14H23N3O/c1-10(2)11(3)17-14(18)9-16-12(4)13-6-5-7-15-8-13/h5-8,10-12,16H,9H2,1-4H3,(H,17,18)/t11?,12-/m0/s1.